The number of nitrogens with one attached hydrogen (secondary N) is 2. The Morgan fingerprint density at radius 3 is 3.27 bits per heavy atom. The first-order valence-electron chi connectivity index (χ1n) is 5.32. The van der Waals surface area contributed by atoms with Crippen molar-refractivity contribution in [1.29, 1.82) is 0 Å². The topological polar surface area (TPSA) is 59.1 Å². The minimum atomic E-state index is 0.245. The van der Waals surface area contributed by atoms with E-state index in [0.29, 0.717) is 5.88 Å². The molecule has 5 heteroatoms. The van der Waals surface area contributed by atoms with Crippen LogP contribution in [0.3, 0.4) is 0 Å². The molecule has 1 saturated heterocycles. The summed E-state index contributed by atoms with van der Waals surface area (Å²) in [4.78, 5) is 8.17. The van der Waals surface area contributed by atoms with Crippen LogP contribution in [0, 0.1) is 0 Å². The zero-order valence-corrected chi connectivity index (χ0v) is 8.86. The van der Waals surface area contributed by atoms with Crippen molar-refractivity contribution in [2.45, 2.75) is 19.4 Å². The number of anilines is 1. The standard InChI is InChI=1S/C10H16N4O/c1-2-12-9-5-10(14-7-13-9)15-8-3-4-11-6-8/h5,7-8,11H,2-4,6H2,1H3,(H,12,13,14). The van der Waals surface area contributed by atoms with E-state index in [4.69, 9.17) is 4.74 Å². The summed E-state index contributed by atoms with van der Waals surface area (Å²) in [5, 5.41) is 6.37. The average Bonchev–Trinajstić information content (AvgIpc) is 2.71. The van der Waals surface area contributed by atoms with Gasteiger partial charge in [0.1, 0.15) is 18.2 Å². The van der Waals surface area contributed by atoms with Gasteiger partial charge in [0.05, 0.1) is 0 Å². The van der Waals surface area contributed by atoms with Gasteiger partial charge in [-0.15, -0.1) is 0 Å². The molecule has 1 fully saturated rings. The van der Waals surface area contributed by atoms with Crippen molar-refractivity contribution in [2.24, 2.45) is 0 Å². The molecule has 0 aliphatic carbocycles. The Labute approximate surface area is 89.3 Å². The van der Waals surface area contributed by atoms with E-state index in [9.17, 15) is 0 Å². The van der Waals surface area contributed by atoms with Gasteiger partial charge in [0.15, 0.2) is 0 Å². The van der Waals surface area contributed by atoms with Gasteiger partial charge in [0.25, 0.3) is 0 Å². The molecule has 82 valence electrons. The number of ether oxygens (including phenoxy) is 1. The second-order valence-electron chi connectivity index (χ2n) is 3.50. The zero-order valence-electron chi connectivity index (χ0n) is 8.86. The third kappa shape index (κ3) is 2.79. The van der Waals surface area contributed by atoms with Crippen LogP contribution in [-0.4, -0.2) is 35.7 Å². The van der Waals surface area contributed by atoms with Crippen molar-refractivity contribution in [2.75, 3.05) is 25.0 Å². The molecule has 0 saturated carbocycles. The summed E-state index contributed by atoms with van der Waals surface area (Å²) >= 11 is 0. The van der Waals surface area contributed by atoms with Crippen LogP contribution in [0.25, 0.3) is 0 Å². The van der Waals surface area contributed by atoms with Gasteiger partial charge in [-0.1, -0.05) is 0 Å². The predicted molar refractivity (Wildman–Crippen MR) is 58.1 cm³/mol. The molecule has 1 aromatic heterocycles. The van der Waals surface area contributed by atoms with Gasteiger partial charge < -0.3 is 15.4 Å². The molecule has 1 unspecified atom stereocenters. The van der Waals surface area contributed by atoms with Gasteiger partial charge in [-0.25, -0.2) is 9.97 Å². The Bertz CT molecular complexity index is 312. The Kier molecular flexibility index (Phi) is 3.34. The maximum atomic E-state index is 5.71. The Balaban J connectivity index is 1.97. The fraction of sp³-hybridized carbons (Fsp3) is 0.600. The molecule has 2 heterocycles. The molecule has 1 aromatic rings. The van der Waals surface area contributed by atoms with Crippen molar-refractivity contribution in [3.63, 3.8) is 0 Å². The number of aromatic nitrogens is 2. The van der Waals surface area contributed by atoms with Crippen molar-refractivity contribution in [3.05, 3.63) is 12.4 Å². The van der Waals surface area contributed by atoms with Gasteiger partial charge in [0.2, 0.25) is 5.88 Å². The van der Waals surface area contributed by atoms with E-state index in [1.54, 1.807) is 0 Å². The molecule has 0 spiro atoms. The minimum absolute atomic E-state index is 0.245. The SMILES string of the molecule is CCNc1cc(OC2CCNC2)ncn1. The highest BCUT2D eigenvalue weighted by Gasteiger charge is 2.16. The Hall–Kier alpha value is -1.36. The third-order valence-electron chi connectivity index (χ3n) is 2.30. The highest BCUT2D eigenvalue weighted by Crippen LogP contribution is 2.14. The first-order valence-corrected chi connectivity index (χ1v) is 5.32. The molecular formula is C10H16N4O. The van der Waals surface area contributed by atoms with Crippen LogP contribution in [-0.2, 0) is 0 Å². The number of hydrogen-bond donors (Lipinski definition) is 2. The molecule has 0 radical (unpaired) electrons. The lowest BCUT2D eigenvalue weighted by molar-refractivity contribution is 0.214. The third-order valence-corrected chi connectivity index (χ3v) is 2.30. The summed E-state index contributed by atoms with van der Waals surface area (Å²) in [6.07, 6.45) is 2.81. The lowest BCUT2D eigenvalue weighted by Gasteiger charge is -2.11. The summed E-state index contributed by atoms with van der Waals surface area (Å²) in [5.74, 6) is 1.46. The smallest absolute Gasteiger partial charge is 0.218 e. The highest BCUT2D eigenvalue weighted by molar-refractivity contribution is 5.36. The largest absolute Gasteiger partial charge is 0.473 e. The van der Waals surface area contributed by atoms with E-state index in [0.717, 1.165) is 31.9 Å². The molecule has 0 aromatic carbocycles. The van der Waals surface area contributed by atoms with Crippen molar-refractivity contribution in [3.8, 4) is 5.88 Å². The van der Waals surface area contributed by atoms with Crippen LogP contribution < -0.4 is 15.4 Å². The number of rotatable bonds is 4. The van der Waals surface area contributed by atoms with E-state index in [1.807, 2.05) is 13.0 Å². The summed E-state index contributed by atoms with van der Waals surface area (Å²) in [5.41, 5.74) is 0. The van der Waals surface area contributed by atoms with Crippen molar-refractivity contribution < 1.29 is 4.74 Å². The number of nitrogens with zero attached hydrogens (tertiary/aromatic N) is 2. The average molecular weight is 208 g/mol. The van der Waals surface area contributed by atoms with Crippen LogP contribution in [0.15, 0.2) is 12.4 Å². The van der Waals surface area contributed by atoms with Gasteiger partial charge >= 0.3 is 0 Å². The van der Waals surface area contributed by atoms with Gasteiger partial charge in [-0.2, -0.15) is 0 Å². The van der Waals surface area contributed by atoms with E-state index < -0.39 is 0 Å². The van der Waals surface area contributed by atoms with Crippen LogP contribution >= 0.6 is 0 Å². The van der Waals surface area contributed by atoms with Crippen LogP contribution in [0.4, 0.5) is 5.82 Å². The molecule has 1 atom stereocenters. The van der Waals surface area contributed by atoms with Crippen LogP contribution in [0.5, 0.6) is 5.88 Å². The monoisotopic (exact) mass is 208 g/mol. The molecule has 1 aliphatic heterocycles. The lowest BCUT2D eigenvalue weighted by atomic mass is 10.3. The molecule has 2 N–H and O–H groups in total. The second kappa shape index (κ2) is 4.93. The summed E-state index contributed by atoms with van der Waals surface area (Å²) < 4.78 is 5.71. The Morgan fingerprint density at radius 2 is 2.53 bits per heavy atom. The normalized spacial score (nSPS) is 20.2. The quantitative estimate of drug-likeness (QED) is 0.760. The molecule has 0 bridgehead atoms. The molecule has 15 heavy (non-hydrogen) atoms. The molecular weight excluding hydrogens is 192 g/mol. The van der Waals surface area contributed by atoms with E-state index in [1.165, 1.54) is 6.33 Å². The molecule has 0 amide bonds. The first-order chi connectivity index (χ1) is 7.38. The highest BCUT2D eigenvalue weighted by atomic mass is 16.5. The Morgan fingerprint density at radius 1 is 1.60 bits per heavy atom. The first kappa shape index (κ1) is 10.2. The number of hydrogen-bond acceptors (Lipinski definition) is 5. The maximum Gasteiger partial charge on any atom is 0.218 e. The molecule has 2 rings (SSSR count). The van der Waals surface area contributed by atoms with Gasteiger partial charge in [-0.3, -0.25) is 0 Å². The van der Waals surface area contributed by atoms with Gasteiger partial charge in [-0.05, 0) is 19.9 Å². The summed E-state index contributed by atoms with van der Waals surface area (Å²) in [6, 6.07) is 1.84. The van der Waals surface area contributed by atoms with E-state index in [2.05, 4.69) is 20.6 Å². The maximum absolute atomic E-state index is 5.71. The van der Waals surface area contributed by atoms with Crippen molar-refractivity contribution >= 4 is 5.82 Å². The molecule has 1 aliphatic rings. The fourth-order valence-electron chi connectivity index (χ4n) is 1.58. The van der Waals surface area contributed by atoms with Crippen LogP contribution in [0.1, 0.15) is 13.3 Å². The zero-order chi connectivity index (χ0) is 10.5. The van der Waals surface area contributed by atoms with Crippen LogP contribution in [0.2, 0.25) is 0 Å². The predicted octanol–water partition coefficient (Wildman–Crippen LogP) is 0.649. The van der Waals surface area contributed by atoms with Crippen molar-refractivity contribution in [1.82, 2.24) is 15.3 Å². The minimum Gasteiger partial charge on any atom is -0.473 e. The second-order valence-corrected chi connectivity index (χ2v) is 3.50. The lowest BCUT2D eigenvalue weighted by Crippen LogP contribution is -2.20. The summed E-state index contributed by atoms with van der Waals surface area (Å²) in [7, 11) is 0. The molecule has 5 nitrogen and oxygen atoms in total. The van der Waals surface area contributed by atoms with E-state index >= 15 is 0 Å². The van der Waals surface area contributed by atoms with E-state index in [-0.39, 0.29) is 6.10 Å². The van der Waals surface area contributed by atoms with Gasteiger partial charge in [0, 0.05) is 19.2 Å². The fourth-order valence-corrected chi connectivity index (χ4v) is 1.58. The summed E-state index contributed by atoms with van der Waals surface area (Å²) in [6.45, 7) is 4.81.